The first-order chi connectivity index (χ1) is 7.36. The fourth-order valence-electron chi connectivity index (χ4n) is 1.80. The summed E-state index contributed by atoms with van der Waals surface area (Å²) < 4.78 is 0. The van der Waals surface area contributed by atoms with Gasteiger partial charge in [-0.2, -0.15) is 0 Å². The Hall–Kier alpha value is -1.35. The van der Waals surface area contributed by atoms with Crippen molar-refractivity contribution in [1.82, 2.24) is 10.6 Å². The Bertz CT molecular complexity index is 324. The number of carbonyl (C=O) groups excluding carboxylic acids is 1. The van der Waals surface area contributed by atoms with E-state index in [1.165, 1.54) is 5.56 Å². The summed E-state index contributed by atoms with van der Waals surface area (Å²) in [6.45, 7) is 1.58. The Morgan fingerprint density at radius 2 is 2.13 bits per heavy atom. The topological polar surface area (TPSA) is 41.1 Å². The highest BCUT2D eigenvalue weighted by atomic mass is 16.2. The summed E-state index contributed by atoms with van der Waals surface area (Å²) in [6.07, 6.45) is 2.01. The third kappa shape index (κ3) is 2.80. The van der Waals surface area contributed by atoms with Crippen LogP contribution in [0.25, 0.3) is 0 Å². The molecular formula is C12H16N2O. The van der Waals surface area contributed by atoms with Crippen molar-refractivity contribution in [3.63, 3.8) is 0 Å². The van der Waals surface area contributed by atoms with E-state index in [1.54, 1.807) is 0 Å². The van der Waals surface area contributed by atoms with E-state index < -0.39 is 0 Å². The average Bonchev–Trinajstić information content (AvgIpc) is 2.29. The van der Waals surface area contributed by atoms with Crippen molar-refractivity contribution >= 4 is 5.91 Å². The van der Waals surface area contributed by atoms with Crippen molar-refractivity contribution < 1.29 is 4.79 Å². The van der Waals surface area contributed by atoms with Crippen molar-refractivity contribution in [3.05, 3.63) is 35.9 Å². The summed E-state index contributed by atoms with van der Waals surface area (Å²) >= 11 is 0. The van der Waals surface area contributed by atoms with E-state index in [4.69, 9.17) is 0 Å². The van der Waals surface area contributed by atoms with Gasteiger partial charge in [0.1, 0.15) is 0 Å². The molecule has 1 amide bonds. The van der Waals surface area contributed by atoms with E-state index in [2.05, 4.69) is 22.8 Å². The number of hydrogen-bond acceptors (Lipinski definition) is 2. The van der Waals surface area contributed by atoms with Gasteiger partial charge in [-0.3, -0.25) is 4.79 Å². The molecule has 0 saturated carbocycles. The van der Waals surface area contributed by atoms with Gasteiger partial charge in [0.05, 0.1) is 6.04 Å². The largest absolute Gasteiger partial charge is 0.355 e. The molecule has 3 heteroatoms. The second-order valence-corrected chi connectivity index (χ2v) is 3.85. The summed E-state index contributed by atoms with van der Waals surface area (Å²) in [5.41, 5.74) is 1.22. The van der Waals surface area contributed by atoms with Crippen LogP contribution < -0.4 is 10.6 Å². The van der Waals surface area contributed by atoms with Gasteiger partial charge in [0.15, 0.2) is 0 Å². The number of amides is 1. The summed E-state index contributed by atoms with van der Waals surface area (Å²) in [5, 5.41) is 6.14. The summed E-state index contributed by atoms with van der Waals surface area (Å²) in [6, 6.07) is 10.1. The highest BCUT2D eigenvalue weighted by Crippen LogP contribution is 2.05. The lowest BCUT2D eigenvalue weighted by Crippen LogP contribution is -2.47. The van der Waals surface area contributed by atoms with Gasteiger partial charge < -0.3 is 10.6 Å². The third-order valence-corrected chi connectivity index (χ3v) is 2.68. The molecular weight excluding hydrogens is 188 g/mol. The highest BCUT2D eigenvalue weighted by Gasteiger charge is 2.20. The van der Waals surface area contributed by atoms with E-state index in [0.717, 1.165) is 25.9 Å². The van der Waals surface area contributed by atoms with Crippen molar-refractivity contribution in [3.8, 4) is 0 Å². The van der Waals surface area contributed by atoms with Crippen LogP contribution in [-0.2, 0) is 11.3 Å². The standard InChI is InChI=1S/C12H16N2O/c15-12-11(7-4-8-13-12)14-9-10-5-2-1-3-6-10/h1-3,5-6,11,14H,4,7-9H2,(H,13,15)/t11-/m1/s1. The van der Waals surface area contributed by atoms with Gasteiger partial charge in [0.25, 0.3) is 0 Å². The van der Waals surface area contributed by atoms with Gasteiger partial charge in [-0.25, -0.2) is 0 Å². The first kappa shape index (κ1) is 10.2. The van der Waals surface area contributed by atoms with Crippen LogP contribution in [0.1, 0.15) is 18.4 Å². The van der Waals surface area contributed by atoms with Crippen LogP contribution in [0.15, 0.2) is 30.3 Å². The third-order valence-electron chi connectivity index (χ3n) is 2.68. The van der Waals surface area contributed by atoms with E-state index in [9.17, 15) is 4.79 Å². The zero-order valence-electron chi connectivity index (χ0n) is 8.70. The van der Waals surface area contributed by atoms with Gasteiger partial charge in [0.2, 0.25) is 5.91 Å². The summed E-state index contributed by atoms with van der Waals surface area (Å²) in [4.78, 5) is 11.4. The molecule has 1 fully saturated rings. The highest BCUT2D eigenvalue weighted by molar-refractivity contribution is 5.82. The number of piperidine rings is 1. The van der Waals surface area contributed by atoms with E-state index in [0.29, 0.717) is 0 Å². The molecule has 1 heterocycles. The molecule has 1 aliphatic heterocycles. The predicted molar refractivity (Wildman–Crippen MR) is 59.3 cm³/mol. The lowest BCUT2D eigenvalue weighted by atomic mass is 10.1. The SMILES string of the molecule is O=C1NCCC[C@H]1NCc1ccccc1. The van der Waals surface area contributed by atoms with Crippen molar-refractivity contribution in [2.45, 2.75) is 25.4 Å². The molecule has 3 nitrogen and oxygen atoms in total. The van der Waals surface area contributed by atoms with Crippen LogP contribution >= 0.6 is 0 Å². The van der Waals surface area contributed by atoms with Gasteiger partial charge in [0, 0.05) is 13.1 Å². The van der Waals surface area contributed by atoms with Crippen LogP contribution in [0.4, 0.5) is 0 Å². The van der Waals surface area contributed by atoms with Crippen LogP contribution in [-0.4, -0.2) is 18.5 Å². The molecule has 0 spiro atoms. The molecule has 0 aliphatic carbocycles. The van der Waals surface area contributed by atoms with Gasteiger partial charge in [-0.1, -0.05) is 30.3 Å². The predicted octanol–water partition coefficient (Wildman–Crippen LogP) is 1.05. The number of rotatable bonds is 3. The molecule has 1 aromatic rings. The van der Waals surface area contributed by atoms with Crippen molar-refractivity contribution in [2.75, 3.05) is 6.54 Å². The lowest BCUT2D eigenvalue weighted by molar-refractivity contribution is -0.124. The average molecular weight is 204 g/mol. The number of nitrogens with one attached hydrogen (secondary N) is 2. The Morgan fingerprint density at radius 3 is 2.87 bits per heavy atom. The molecule has 1 aliphatic rings. The summed E-state index contributed by atoms with van der Waals surface area (Å²) in [7, 11) is 0. The second-order valence-electron chi connectivity index (χ2n) is 3.85. The van der Waals surface area contributed by atoms with Gasteiger partial charge in [-0.15, -0.1) is 0 Å². The Kier molecular flexibility index (Phi) is 3.35. The molecule has 0 aromatic heterocycles. The minimum absolute atomic E-state index is 0.0149. The quantitative estimate of drug-likeness (QED) is 0.773. The normalized spacial score (nSPS) is 21.1. The minimum atomic E-state index is -0.0149. The smallest absolute Gasteiger partial charge is 0.237 e. The molecule has 0 unspecified atom stereocenters. The van der Waals surface area contributed by atoms with Gasteiger partial charge >= 0.3 is 0 Å². The zero-order chi connectivity index (χ0) is 10.5. The van der Waals surface area contributed by atoms with E-state index in [-0.39, 0.29) is 11.9 Å². The van der Waals surface area contributed by atoms with E-state index >= 15 is 0 Å². The molecule has 0 radical (unpaired) electrons. The maximum atomic E-state index is 11.4. The monoisotopic (exact) mass is 204 g/mol. The molecule has 0 bridgehead atoms. The second kappa shape index (κ2) is 4.94. The van der Waals surface area contributed by atoms with Crippen molar-refractivity contribution in [1.29, 1.82) is 0 Å². The van der Waals surface area contributed by atoms with Crippen LogP contribution in [0.3, 0.4) is 0 Å². The van der Waals surface area contributed by atoms with Crippen LogP contribution in [0.2, 0.25) is 0 Å². The fourth-order valence-corrected chi connectivity index (χ4v) is 1.80. The fraction of sp³-hybridized carbons (Fsp3) is 0.417. The van der Waals surface area contributed by atoms with Gasteiger partial charge in [-0.05, 0) is 18.4 Å². The van der Waals surface area contributed by atoms with Crippen molar-refractivity contribution in [2.24, 2.45) is 0 Å². The maximum Gasteiger partial charge on any atom is 0.237 e. The first-order valence-corrected chi connectivity index (χ1v) is 5.41. The summed E-state index contributed by atoms with van der Waals surface area (Å²) in [5.74, 6) is 0.136. The molecule has 2 rings (SSSR count). The van der Waals surface area contributed by atoms with Crippen LogP contribution in [0.5, 0.6) is 0 Å². The number of hydrogen-bond donors (Lipinski definition) is 2. The molecule has 80 valence electrons. The number of carbonyl (C=O) groups is 1. The lowest BCUT2D eigenvalue weighted by Gasteiger charge is -2.22. The molecule has 1 aromatic carbocycles. The molecule has 1 atom stereocenters. The first-order valence-electron chi connectivity index (χ1n) is 5.41. The Morgan fingerprint density at radius 1 is 1.33 bits per heavy atom. The van der Waals surface area contributed by atoms with Crippen LogP contribution in [0, 0.1) is 0 Å². The molecule has 1 saturated heterocycles. The molecule has 2 N–H and O–H groups in total. The number of benzene rings is 1. The zero-order valence-corrected chi connectivity index (χ0v) is 8.70. The maximum absolute atomic E-state index is 11.4. The van der Waals surface area contributed by atoms with E-state index in [1.807, 2.05) is 18.2 Å². The Labute approximate surface area is 89.9 Å². The molecule has 15 heavy (non-hydrogen) atoms. The minimum Gasteiger partial charge on any atom is -0.355 e. The Balaban J connectivity index is 1.85.